The minimum Gasteiger partial charge on any atom is -0.299 e. The Labute approximate surface area is 125 Å². The smallest absolute Gasteiger partial charge is 0.137 e. The summed E-state index contributed by atoms with van der Waals surface area (Å²) in [5, 5.41) is 2.35. The molecule has 0 fully saturated rings. The number of rotatable bonds is 3. The first-order chi connectivity index (χ1) is 10.2. The Morgan fingerprint density at radius 1 is 0.857 bits per heavy atom. The van der Waals surface area contributed by atoms with Crippen LogP contribution in [0.2, 0.25) is 0 Å². The highest BCUT2D eigenvalue weighted by atomic mass is 16.1. The van der Waals surface area contributed by atoms with Gasteiger partial charge in [-0.25, -0.2) is 0 Å². The lowest BCUT2D eigenvalue weighted by Gasteiger charge is -2.17. The predicted octanol–water partition coefficient (Wildman–Crippen LogP) is 5.20. The van der Waals surface area contributed by atoms with Gasteiger partial charge in [0, 0.05) is 5.92 Å². The first kappa shape index (κ1) is 13.6. The molecule has 0 amide bonds. The van der Waals surface area contributed by atoms with Gasteiger partial charge in [0.2, 0.25) is 0 Å². The highest BCUT2D eigenvalue weighted by Gasteiger charge is 2.18. The van der Waals surface area contributed by atoms with Crippen molar-refractivity contribution in [1.82, 2.24) is 0 Å². The zero-order valence-electron chi connectivity index (χ0n) is 12.3. The summed E-state index contributed by atoms with van der Waals surface area (Å²) >= 11 is 0. The van der Waals surface area contributed by atoms with Crippen molar-refractivity contribution in [3.63, 3.8) is 0 Å². The van der Waals surface area contributed by atoms with Crippen LogP contribution in [-0.4, -0.2) is 5.78 Å². The van der Waals surface area contributed by atoms with Gasteiger partial charge >= 0.3 is 0 Å². The molecule has 0 spiro atoms. The van der Waals surface area contributed by atoms with Crippen molar-refractivity contribution in [1.29, 1.82) is 0 Å². The second-order valence-corrected chi connectivity index (χ2v) is 5.45. The van der Waals surface area contributed by atoms with E-state index in [1.54, 1.807) is 6.92 Å². The van der Waals surface area contributed by atoms with Crippen LogP contribution in [0, 0.1) is 0 Å². The minimum absolute atomic E-state index is 0.105. The van der Waals surface area contributed by atoms with Gasteiger partial charge in [0.1, 0.15) is 5.78 Å². The molecule has 0 aliphatic heterocycles. The molecule has 0 radical (unpaired) electrons. The minimum atomic E-state index is -0.105. The zero-order chi connectivity index (χ0) is 14.8. The van der Waals surface area contributed by atoms with Crippen LogP contribution in [0.1, 0.15) is 25.3 Å². The third-order valence-electron chi connectivity index (χ3n) is 4.10. The van der Waals surface area contributed by atoms with E-state index in [-0.39, 0.29) is 11.7 Å². The normalized spacial score (nSPS) is 12.3. The van der Waals surface area contributed by atoms with Crippen molar-refractivity contribution < 1.29 is 4.79 Å². The molecule has 0 heterocycles. The van der Waals surface area contributed by atoms with Gasteiger partial charge in [-0.3, -0.25) is 4.79 Å². The summed E-state index contributed by atoms with van der Waals surface area (Å²) in [6, 6.07) is 22.8. The molecule has 0 N–H and O–H groups in total. The first-order valence-corrected chi connectivity index (χ1v) is 7.26. The van der Waals surface area contributed by atoms with Gasteiger partial charge in [0.05, 0.1) is 0 Å². The maximum atomic E-state index is 12.0. The number of hydrogen-bond acceptors (Lipinski definition) is 1. The highest BCUT2D eigenvalue weighted by molar-refractivity contribution is 5.97. The summed E-state index contributed by atoms with van der Waals surface area (Å²) in [6.07, 6.45) is 0. The summed E-state index contributed by atoms with van der Waals surface area (Å²) in [5.41, 5.74) is 3.44. The van der Waals surface area contributed by atoms with Crippen molar-refractivity contribution in [2.24, 2.45) is 0 Å². The van der Waals surface area contributed by atoms with Gasteiger partial charge in [0.25, 0.3) is 0 Å². The summed E-state index contributed by atoms with van der Waals surface area (Å²) in [4.78, 5) is 12.0. The molecule has 1 atom stereocenters. The lowest BCUT2D eigenvalue weighted by molar-refractivity contribution is -0.118. The van der Waals surface area contributed by atoms with Crippen LogP contribution in [0.5, 0.6) is 0 Å². The SMILES string of the molecule is CC(=O)C(C)c1c(-c2ccccc2)ccc2ccccc12. The van der Waals surface area contributed by atoms with Crippen molar-refractivity contribution in [2.75, 3.05) is 0 Å². The van der Waals surface area contributed by atoms with Crippen LogP contribution >= 0.6 is 0 Å². The Morgan fingerprint density at radius 2 is 1.52 bits per heavy atom. The molecule has 0 saturated carbocycles. The average molecular weight is 274 g/mol. The average Bonchev–Trinajstić information content (AvgIpc) is 2.53. The molecule has 1 heteroatoms. The quantitative estimate of drug-likeness (QED) is 0.641. The summed E-state index contributed by atoms with van der Waals surface area (Å²) in [5.74, 6) is 0.0924. The van der Waals surface area contributed by atoms with Crippen LogP contribution in [0.25, 0.3) is 21.9 Å². The first-order valence-electron chi connectivity index (χ1n) is 7.26. The molecule has 0 aromatic heterocycles. The van der Waals surface area contributed by atoms with Gasteiger partial charge in [-0.1, -0.05) is 73.7 Å². The van der Waals surface area contributed by atoms with E-state index >= 15 is 0 Å². The Hall–Kier alpha value is -2.41. The molecule has 3 aromatic carbocycles. The molecular formula is C20H18O. The molecular weight excluding hydrogens is 256 g/mol. The van der Waals surface area contributed by atoms with Crippen molar-refractivity contribution in [2.45, 2.75) is 19.8 Å². The van der Waals surface area contributed by atoms with E-state index < -0.39 is 0 Å². The Morgan fingerprint density at radius 3 is 2.24 bits per heavy atom. The molecule has 104 valence electrons. The van der Waals surface area contributed by atoms with E-state index in [0.29, 0.717) is 0 Å². The largest absolute Gasteiger partial charge is 0.299 e. The van der Waals surface area contributed by atoms with Gasteiger partial charge < -0.3 is 0 Å². The molecule has 3 aromatic rings. The molecule has 21 heavy (non-hydrogen) atoms. The third-order valence-corrected chi connectivity index (χ3v) is 4.10. The second kappa shape index (κ2) is 5.53. The molecule has 0 saturated heterocycles. The highest BCUT2D eigenvalue weighted by Crippen LogP contribution is 2.35. The molecule has 3 rings (SSSR count). The van der Waals surface area contributed by atoms with E-state index in [0.717, 1.165) is 16.7 Å². The van der Waals surface area contributed by atoms with Crippen LogP contribution in [0.3, 0.4) is 0 Å². The second-order valence-electron chi connectivity index (χ2n) is 5.45. The number of Topliss-reactive ketones (excluding diaryl/α,β-unsaturated/α-hetero) is 1. The number of carbonyl (C=O) groups excluding carboxylic acids is 1. The fraction of sp³-hybridized carbons (Fsp3) is 0.150. The van der Waals surface area contributed by atoms with Gasteiger partial charge in [-0.15, -0.1) is 0 Å². The van der Waals surface area contributed by atoms with Gasteiger partial charge in [0.15, 0.2) is 0 Å². The molecule has 0 aliphatic carbocycles. The molecule has 0 bridgehead atoms. The fourth-order valence-electron chi connectivity index (χ4n) is 2.83. The Kier molecular flexibility index (Phi) is 3.57. The lowest BCUT2D eigenvalue weighted by atomic mass is 9.85. The molecule has 1 nitrogen and oxygen atoms in total. The Bertz CT molecular complexity index is 787. The molecule has 0 aliphatic rings. The van der Waals surface area contributed by atoms with Crippen molar-refractivity contribution in [3.05, 3.63) is 72.3 Å². The standard InChI is InChI=1S/C20H18O/c1-14(15(2)21)20-18-11-7-6-10-17(18)12-13-19(20)16-8-4-3-5-9-16/h3-14H,1-2H3. The number of fused-ring (bicyclic) bond motifs is 1. The summed E-state index contributed by atoms with van der Waals surface area (Å²) in [7, 11) is 0. The topological polar surface area (TPSA) is 17.1 Å². The number of ketones is 1. The lowest BCUT2D eigenvalue weighted by Crippen LogP contribution is -2.06. The van der Waals surface area contributed by atoms with E-state index in [1.807, 2.05) is 37.3 Å². The van der Waals surface area contributed by atoms with E-state index in [4.69, 9.17) is 0 Å². The maximum absolute atomic E-state index is 12.0. The van der Waals surface area contributed by atoms with E-state index in [1.165, 1.54) is 10.8 Å². The van der Waals surface area contributed by atoms with Gasteiger partial charge in [-0.05, 0) is 34.4 Å². The monoisotopic (exact) mass is 274 g/mol. The third kappa shape index (κ3) is 2.47. The van der Waals surface area contributed by atoms with Crippen molar-refractivity contribution >= 4 is 16.6 Å². The van der Waals surface area contributed by atoms with Crippen LogP contribution < -0.4 is 0 Å². The summed E-state index contributed by atoms with van der Waals surface area (Å²) in [6.45, 7) is 3.66. The number of carbonyl (C=O) groups is 1. The number of benzene rings is 3. The zero-order valence-corrected chi connectivity index (χ0v) is 12.3. The Balaban J connectivity index is 2.34. The van der Waals surface area contributed by atoms with Gasteiger partial charge in [-0.2, -0.15) is 0 Å². The van der Waals surface area contributed by atoms with Crippen LogP contribution in [-0.2, 0) is 4.79 Å². The summed E-state index contributed by atoms with van der Waals surface area (Å²) < 4.78 is 0. The predicted molar refractivity (Wildman–Crippen MR) is 88.5 cm³/mol. The van der Waals surface area contributed by atoms with Crippen molar-refractivity contribution in [3.8, 4) is 11.1 Å². The number of hydrogen-bond donors (Lipinski definition) is 0. The van der Waals surface area contributed by atoms with Crippen LogP contribution in [0.4, 0.5) is 0 Å². The van der Waals surface area contributed by atoms with E-state index in [2.05, 4.69) is 36.4 Å². The fourth-order valence-corrected chi connectivity index (χ4v) is 2.83. The molecule has 1 unspecified atom stereocenters. The van der Waals surface area contributed by atoms with Crippen LogP contribution in [0.15, 0.2) is 66.7 Å². The van der Waals surface area contributed by atoms with E-state index in [9.17, 15) is 4.79 Å². The maximum Gasteiger partial charge on any atom is 0.137 e.